The van der Waals surface area contributed by atoms with Gasteiger partial charge in [0.05, 0.1) is 5.39 Å². The van der Waals surface area contributed by atoms with E-state index in [1.807, 2.05) is 19.9 Å². The molecule has 1 aromatic heterocycles. The second-order valence-electron chi connectivity index (χ2n) is 8.10. The molecule has 1 N–H and O–H groups in total. The first-order valence-corrected chi connectivity index (χ1v) is 10.1. The molecule has 1 spiro atoms. The number of likely N-dealkylation sites (tertiary alicyclic amines) is 1. The average Bonchev–Trinajstić information content (AvgIpc) is 3.10. The lowest BCUT2D eigenvalue weighted by molar-refractivity contribution is -0.148. The normalized spacial score (nSPS) is 21.6. The van der Waals surface area contributed by atoms with E-state index in [4.69, 9.17) is 9.15 Å². The van der Waals surface area contributed by atoms with Crippen molar-refractivity contribution in [2.45, 2.75) is 52.0 Å². The maximum Gasteiger partial charge on any atom is 0.339 e. The fourth-order valence-corrected chi connectivity index (χ4v) is 4.62. The van der Waals surface area contributed by atoms with Gasteiger partial charge in [-0.25, -0.2) is 4.79 Å². The van der Waals surface area contributed by atoms with Gasteiger partial charge in [0.1, 0.15) is 16.9 Å². The van der Waals surface area contributed by atoms with E-state index in [-0.39, 0.29) is 24.0 Å². The third kappa shape index (κ3) is 3.18. The number of carbonyl (C=O) groups is 2. The van der Waals surface area contributed by atoms with E-state index < -0.39 is 5.54 Å². The third-order valence-corrected chi connectivity index (χ3v) is 6.27. The number of piperidine rings is 1. The van der Waals surface area contributed by atoms with Gasteiger partial charge in [-0.3, -0.25) is 9.59 Å². The SMILES string of the molecule is Cc1cc(OCC(=O)N2CCCC23CCCNC3=O)c2c(C)c(C)c(=O)oc2c1. The first kappa shape index (κ1) is 19.5. The Kier molecular flexibility index (Phi) is 4.84. The monoisotopic (exact) mass is 398 g/mol. The molecule has 0 aliphatic carbocycles. The Morgan fingerprint density at radius 1 is 1.17 bits per heavy atom. The Balaban J connectivity index is 1.61. The zero-order chi connectivity index (χ0) is 20.8. The number of amides is 2. The summed E-state index contributed by atoms with van der Waals surface area (Å²) in [6, 6.07) is 3.63. The summed E-state index contributed by atoms with van der Waals surface area (Å²) >= 11 is 0. The summed E-state index contributed by atoms with van der Waals surface area (Å²) < 4.78 is 11.4. The minimum absolute atomic E-state index is 0.0520. The van der Waals surface area contributed by atoms with Crippen LogP contribution in [0.1, 0.15) is 42.4 Å². The fraction of sp³-hybridized carbons (Fsp3) is 0.500. The van der Waals surface area contributed by atoms with Crippen molar-refractivity contribution in [2.75, 3.05) is 19.7 Å². The van der Waals surface area contributed by atoms with Crippen LogP contribution in [0.15, 0.2) is 21.3 Å². The lowest BCUT2D eigenvalue weighted by atomic mass is 9.86. The Morgan fingerprint density at radius 3 is 2.69 bits per heavy atom. The number of benzene rings is 1. The maximum atomic E-state index is 13.0. The lowest BCUT2D eigenvalue weighted by Gasteiger charge is -2.40. The summed E-state index contributed by atoms with van der Waals surface area (Å²) in [7, 11) is 0. The molecule has 1 aromatic carbocycles. The molecule has 2 aliphatic heterocycles. The van der Waals surface area contributed by atoms with Gasteiger partial charge >= 0.3 is 5.63 Å². The smallest absolute Gasteiger partial charge is 0.339 e. The fourth-order valence-electron chi connectivity index (χ4n) is 4.62. The molecule has 0 bridgehead atoms. The van der Waals surface area contributed by atoms with Gasteiger partial charge in [0.25, 0.3) is 5.91 Å². The molecule has 0 saturated carbocycles. The lowest BCUT2D eigenvalue weighted by Crippen LogP contribution is -2.60. The number of fused-ring (bicyclic) bond motifs is 1. The van der Waals surface area contributed by atoms with Crippen LogP contribution in [0, 0.1) is 20.8 Å². The van der Waals surface area contributed by atoms with Crippen molar-refractivity contribution in [1.82, 2.24) is 10.2 Å². The number of hydrogen-bond acceptors (Lipinski definition) is 5. The van der Waals surface area contributed by atoms with Crippen LogP contribution >= 0.6 is 0 Å². The van der Waals surface area contributed by atoms with E-state index in [0.29, 0.717) is 48.2 Å². The predicted octanol–water partition coefficient (Wildman–Crippen LogP) is 2.37. The number of rotatable bonds is 3. The summed E-state index contributed by atoms with van der Waals surface area (Å²) in [6.07, 6.45) is 3.08. The highest BCUT2D eigenvalue weighted by atomic mass is 16.5. The number of nitrogens with zero attached hydrogens (tertiary/aromatic N) is 1. The van der Waals surface area contributed by atoms with E-state index in [0.717, 1.165) is 24.0 Å². The quantitative estimate of drug-likeness (QED) is 0.802. The number of hydrogen-bond donors (Lipinski definition) is 1. The van der Waals surface area contributed by atoms with E-state index in [9.17, 15) is 14.4 Å². The van der Waals surface area contributed by atoms with Crippen LogP contribution < -0.4 is 15.7 Å². The van der Waals surface area contributed by atoms with Crippen molar-refractivity contribution in [2.24, 2.45) is 0 Å². The van der Waals surface area contributed by atoms with Gasteiger partial charge in [0.2, 0.25) is 5.91 Å². The molecular formula is C22H26N2O5. The molecule has 7 nitrogen and oxygen atoms in total. The summed E-state index contributed by atoms with van der Waals surface area (Å²) in [6.45, 7) is 6.51. The minimum Gasteiger partial charge on any atom is -0.483 e. The molecular weight excluding hydrogens is 372 g/mol. The topological polar surface area (TPSA) is 88.9 Å². The van der Waals surface area contributed by atoms with Crippen LogP contribution in [0.2, 0.25) is 0 Å². The van der Waals surface area contributed by atoms with E-state index in [1.54, 1.807) is 17.9 Å². The van der Waals surface area contributed by atoms with E-state index in [1.165, 1.54) is 0 Å². The Morgan fingerprint density at radius 2 is 1.93 bits per heavy atom. The first-order chi connectivity index (χ1) is 13.8. The average molecular weight is 398 g/mol. The summed E-state index contributed by atoms with van der Waals surface area (Å²) in [5, 5.41) is 3.61. The molecule has 2 fully saturated rings. The van der Waals surface area contributed by atoms with Crippen molar-refractivity contribution in [3.05, 3.63) is 39.2 Å². The molecule has 0 radical (unpaired) electrons. The zero-order valence-corrected chi connectivity index (χ0v) is 17.1. The van der Waals surface area contributed by atoms with Crippen LogP contribution in [0.4, 0.5) is 0 Å². The van der Waals surface area contributed by atoms with Crippen molar-refractivity contribution in [3.8, 4) is 5.75 Å². The number of carbonyl (C=O) groups excluding carboxylic acids is 2. The molecule has 154 valence electrons. The molecule has 2 aliphatic rings. The highest BCUT2D eigenvalue weighted by molar-refractivity contribution is 5.93. The van der Waals surface area contributed by atoms with Gasteiger partial charge in [-0.2, -0.15) is 0 Å². The van der Waals surface area contributed by atoms with Gasteiger partial charge in [-0.05, 0) is 69.7 Å². The Hall–Kier alpha value is -2.83. The molecule has 7 heteroatoms. The van der Waals surface area contributed by atoms with Crippen LogP contribution in [0.25, 0.3) is 11.0 Å². The van der Waals surface area contributed by atoms with Crippen LogP contribution in [0.3, 0.4) is 0 Å². The van der Waals surface area contributed by atoms with Gasteiger partial charge in [-0.15, -0.1) is 0 Å². The molecule has 1 atom stereocenters. The second kappa shape index (κ2) is 7.21. The standard InChI is InChI=1S/C22H26N2O5/c1-13-10-16(19-14(2)15(3)20(26)29-17(19)11-13)28-12-18(25)24-9-5-7-22(24)6-4-8-23-21(22)27/h10-11H,4-9,12H2,1-3H3,(H,23,27). The zero-order valence-electron chi connectivity index (χ0n) is 17.1. The molecule has 2 saturated heterocycles. The highest BCUT2D eigenvalue weighted by Crippen LogP contribution is 2.36. The van der Waals surface area contributed by atoms with Gasteiger partial charge in [0.15, 0.2) is 6.61 Å². The van der Waals surface area contributed by atoms with Crippen LogP contribution in [-0.2, 0) is 9.59 Å². The molecule has 3 heterocycles. The first-order valence-electron chi connectivity index (χ1n) is 10.1. The van der Waals surface area contributed by atoms with Gasteiger partial charge in [-0.1, -0.05) is 0 Å². The number of nitrogens with one attached hydrogen (secondary N) is 1. The van der Waals surface area contributed by atoms with Gasteiger partial charge < -0.3 is 19.4 Å². The Labute approximate surface area is 169 Å². The van der Waals surface area contributed by atoms with Crippen molar-refractivity contribution in [1.29, 1.82) is 0 Å². The molecule has 29 heavy (non-hydrogen) atoms. The van der Waals surface area contributed by atoms with Crippen molar-refractivity contribution < 1.29 is 18.7 Å². The third-order valence-electron chi connectivity index (χ3n) is 6.27. The highest BCUT2D eigenvalue weighted by Gasteiger charge is 2.50. The molecule has 4 rings (SSSR count). The van der Waals surface area contributed by atoms with Crippen molar-refractivity contribution >= 4 is 22.8 Å². The van der Waals surface area contributed by atoms with Gasteiger partial charge in [0, 0.05) is 18.7 Å². The van der Waals surface area contributed by atoms with Crippen molar-refractivity contribution in [3.63, 3.8) is 0 Å². The number of aryl methyl sites for hydroxylation is 2. The molecule has 2 aromatic rings. The molecule has 1 unspecified atom stereocenters. The van der Waals surface area contributed by atoms with Crippen LogP contribution in [-0.4, -0.2) is 41.9 Å². The van der Waals surface area contributed by atoms with E-state index >= 15 is 0 Å². The maximum absolute atomic E-state index is 13.0. The van der Waals surface area contributed by atoms with E-state index in [2.05, 4.69) is 5.32 Å². The predicted molar refractivity (Wildman–Crippen MR) is 108 cm³/mol. The minimum atomic E-state index is -0.730. The second-order valence-corrected chi connectivity index (χ2v) is 8.10. The summed E-state index contributed by atoms with van der Waals surface area (Å²) in [5.41, 5.74) is 1.52. The number of ether oxygens (including phenoxy) is 1. The Bertz CT molecular complexity index is 1060. The largest absolute Gasteiger partial charge is 0.483 e. The summed E-state index contributed by atoms with van der Waals surface area (Å²) in [4.78, 5) is 39.3. The molecule has 2 amide bonds. The van der Waals surface area contributed by atoms with Crippen LogP contribution in [0.5, 0.6) is 5.75 Å². The summed E-state index contributed by atoms with van der Waals surface area (Å²) in [5.74, 6) is 0.267.